The molecule has 2 atom stereocenters. The van der Waals surface area contributed by atoms with Crippen molar-refractivity contribution in [2.75, 3.05) is 0 Å². The van der Waals surface area contributed by atoms with E-state index in [2.05, 4.69) is 25.7 Å². The molecule has 3 nitrogen and oxygen atoms in total. The summed E-state index contributed by atoms with van der Waals surface area (Å²) in [6.45, 7) is 7.76. The molecule has 4 heteroatoms. The van der Waals surface area contributed by atoms with Gasteiger partial charge < -0.3 is 11.1 Å². The Balaban J connectivity index is 2.68. The largest absolute Gasteiger partial charge is 0.347 e. The van der Waals surface area contributed by atoms with Crippen LogP contribution in [0.25, 0.3) is 0 Å². The van der Waals surface area contributed by atoms with E-state index in [-0.39, 0.29) is 11.9 Å². The molecule has 1 amide bonds. The van der Waals surface area contributed by atoms with E-state index in [4.69, 9.17) is 5.73 Å². The maximum absolute atomic E-state index is 11.9. The van der Waals surface area contributed by atoms with Crippen LogP contribution in [0.2, 0.25) is 0 Å². The number of hydrogen-bond acceptors (Lipinski definition) is 3. The summed E-state index contributed by atoms with van der Waals surface area (Å²) >= 11 is 1.65. The van der Waals surface area contributed by atoms with Crippen LogP contribution in [0, 0.1) is 5.92 Å². The van der Waals surface area contributed by atoms with E-state index in [1.165, 1.54) is 4.88 Å². The van der Waals surface area contributed by atoms with Crippen LogP contribution in [0.4, 0.5) is 0 Å². The highest BCUT2D eigenvalue weighted by Gasteiger charge is 2.21. The van der Waals surface area contributed by atoms with Gasteiger partial charge in [0.15, 0.2) is 0 Å². The first-order valence-electron chi connectivity index (χ1n) is 5.76. The van der Waals surface area contributed by atoms with Crippen LogP contribution in [0.5, 0.6) is 0 Å². The Labute approximate surface area is 107 Å². The Morgan fingerprint density at radius 2 is 2.35 bits per heavy atom. The molecule has 0 spiro atoms. The maximum Gasteiger partial charge on any atom is 0.237 e. The average Bonchev–Trinajstić information content (AvgIpc) is 2.78. The molecule has 1 aromatic heterocycles. The first-order valence-corrected chi connectivity index (χ1v) is 6.64. The summed E-state index contributed by atoms with van der Waals surface area (Å²) in [5, 5.41) is 5.02. The van der Waals surface area contributed by atoms with Crippen molar-refractivity contribution in [1.29, 1.82) is 0 Å². The maximum atomic E-state index is 11.9. The van der Waals surface area contributed by atoms with Crippen molar-refractivity contribution < 1.29 is 4.79 Å². The van der Waals surface area contributed by atoms with Crippen molar-refractivity contribution in [1.82, 2.24) is 5.32 Å². The number of nitrogens with two attached hydrogens (primary N) is 1. The number of hydrogen-bond donors (Lipinski definition) is 2. The number of carbonyl (C=O) groups excluding carboxylic acids is 1. The molecule has 17 heavy (non-hydrogen) atoms. The Hall–Kier alpha value is -1.13. The second-order valence-electron chi connectivity index (χ2n) is 4.38. The van der Waals surface area contributed by atoms with Gasteiger partial charge in [0, 0.05) is 4.88 Å². The molecule has 0 saturated carbocycles. The zero-order valence-corrected chi connectivity index (χ0v) is 11.2. The minimum Gasteiger partial charge on any atom is -0.347 e. The topological polar surface area (TPSA) is 55.1 Å². The molecule has 1 aromatic rings. The van der Waals surface area contributed by atoms with Crippen LogP contribution in [0.3, 0.4) is 0 Å². The molecule has 1 heterocycles. The van der Waals surface area contributed by atoms with Crippen LogP contribution in [0.15, 0.2) is 30.2 Å². The lowest BCUT2D eigenvalue weighted by Crippen LogP contribution is -2.43. The molecule has 3 N–H and O–H groups in total. The highest BCUT2D eigenvalue weighted by atomic mass is 32.1. The van der Waals surface area contributed by atoms with Gasteiger partial charge in [-0.15, -0.1) is 17.9 Å². The van der Waals surface area contributed by atoms with E-state index in [9.17, 15) is 4.79 Å². The van der Waals surface area contributed by atoms with E-state index in [1.807, 2.05) is 17.5 Å². The predicted molar refractivity (Wildman–Crippen MR) is 72.8 cm³/mol. The van der Waals surface area contributed by atoms with Crippen LogP contribution < -0.4 is 11.1 Å². The zero-order valence-electron chi connectivity index (χ0n) is 10.3. The molecular formula is C13H20N2OS. The fourth-order valence-electron chi connectivity index (χ4n) is 1.58. The lowest BCUT2D eigenvalue weighted by molar-refractivity contribution is -0.123. The van der Waals surface area contributed by atoms with E-state index in [1.54, 1.807) is 17.4 Å². The quantitative estimate of drug-likeness (QED) is 0.764. The molecule has 0 aromatic carbocycles. The number of amides is 1. The molecule has 2 unspecified atom stereocenters. The van der Waals surface area contributed by atoms with Crippen molar-refractivity contribution in [2.24, 2.45) is 11.7 Å². The van der Waals surface area contributed by atoms with E-state index in [0.29, 0.717) is 12.3 Å². The molecule has 1 rings (SSSR count). The van der Waals surface area contributed by atoms with E-state index in [0.717, 1.165) is 0 Å². The smallest absolute Gasteiger partial charge is 0.237 e. The molecule has 0 fully saturated rings. The van der Waals surface area contributed by atoms with Gasteiger partial charge in [-0.2, -0.15) is 0 Å². The van der Waals surface area contributed by atoms with Gasteiger partial charge in [-0.1, -0.05) is 26.0 Å². The summed E-state index contributed by atoms with van der Waals surface area (Å²) in [5.41, 5.74) is 5.75. The van der Waals surface area contributed by atoms with Crippen LogP contribution >= 0.6 is 11.3 Å². The molecular weight excluding hydrogens is 232 g/mol. The Morgan fingerprint density at radius 1 is 1.65 bits per heavy atom. The summed E-state index contributed by atoms with van der Waals surface area (Å²) in [4.78, 5) is 13.0. The van der Waals surface area contributed by atoms with Gasteiger partial charge in [0.1, 0.15) is 0 Å². The van der Waals surface area contributed by atoms with Crippen LogP contribution in [0.1, 0.15) is 31.2 Å². The summed E-state index contributed by atoms with van der Waals surface area (Å²) in [5.74, 6) is 0.227. The first-order chi connectivity index (χ1) is 8.06. The standard InChI is InChI=1S/C13H20N2OS/c1-4-6-10(14)13(16)15-12(9(2)3)11-7-5-8-17-11/h4-5,7-10,12H,1,6,14H2,2-3H3,(H,15,16). The number of rotatable bonds is 6. The molecule has 0 aliphatic heterocycles. The van der Waals surface area contributed by atoms with Crippen LogP contribution in [-0.2, 0) is 4.79 Å². The average molecular weight is 252 g/mol. The third kappa shape index (κ3) is 3.98. The lowest BCUT2D eigenvalue weighted by Gasteiger charge is -2.23. The predicted octanol–water partition coefficient (Wildman–Crippen LogP) is 2.46. The van der Waals surface area contributed by atoms with Crippen molar-refractivity contribution in [2.45, 2.75) is 32.4 Å². The second-order valence-corrected chi connectivity index (χ2v) is 5.36. The van der Waals surface area contributed by atoms with E-state index < -0.39 is 6.04 Å². The minimum absolute atomic E-state index is 0.0402. The fourth-order valence-corrected chi connectivity index (χ4v) is 2.53. The fraction of sp³-hybridized carbons (Fsp3) is 0.462. The zero-order chi connectivity index (χ0) is 12.8. The SMILES string of the molecule is C=CCC(N)C(=O)NC(c1cccs1)C(C)C. The molecule has 0 aliphatic carbocycles. The Bertz CT molecular complexity index is 360. The second kappa shape index (κ2) is 6.57. The van der Waals surface area contributed by atoms with Gasteiger partial charge in [-0.3, -0.25) is 4.79 Å². The number of thiophene rings is 1. The molecule has 0 radical (unpaired) electrons. The van der Waals surface area contributed by atoms with Gasteiger partial charge in [-0.05, 0) is 23.8 Å². The van der Waals surface area contributed by atoms with Gasteiger partial charge >= 0.3 is 0 Å². The lowest BCUT2D eigenvalue weighted by atomic mass is 10.0. The highest BCUT2D eigenvalue weighted by Crippen LogP contribution is 2.25. The van der Waals surface area contributed by atoms with Crippen molar-refractivity contribution >= 4 is 17.2 Å². The first kappa shape index (κ1) is 13.9. The normalized spacial score (nSPS) is 14.4. The molecule has 0 aliphatic rings. The summed E-state index contributed by atoms with van der Waals surface area (Å²) in [6, 6.07) is 3.56. The minimum atomic E-state index is -0.506. The third-order valence-corrected chi connectivity index (χ3v) is 3.53. The molecule has 0 bridgehead atoms. The molecule has 0 saturated heterocycles. The monoisotopic (exact) mass is 252 g/mol. The van der Waals surface area contributed by atoms with Crippen molar-refractivity contribution in [3.05, 3.63) is 35.0 Å². The van der Waals surface area contributed by atoms with Gasteiger partial charge in [0.05, 0.1) is 12.1 Å². The Morgan fingerprint density at radius 3 is 2.82 bits per heavy atom. The summed E-state index contributed by atoms with van der Waals surface area (Å²) in [6.07, 6.45) is 2.17. The summed E-state index contributed by atoms with van der Waals surface area (Å²) < 4.78 is 0. The van der Waals surface area contributed by atoms with Gasteiger partial charge in [0.2, 0.25) is 5.91 Å². The van der Waals surface area contributed by atoms with Gasteiger partial charge in [0.25, 0.3) is 0 Å². The Kier molecular flexibility index (Phi) is 5.38. The van der Waals surface area contributed by atoms with Crippen molar-refractivity contribution in [3.8, 4) is 0 Å². The van der Waals surface area contributed by atoms with E-state index >= 15 is 0 Å². The van der Waals surface area contributed by atoms with Crippen molar-refractivity contribution in [3.63, 3.8) is 0 Å². The number of nitrogens with one attached hydrogen (secondary N) is 1. The van der Waals surface area contributed by atoms with Gasteiger partial charge in [-0.25, -0.2) is 0 Å². The third-order valence-electron chi connectivity index (χ3n) is 2.57. The highest BCUT2D eigenvalue weighted by molar-refractivity contribution is 7.10. The summed E-state index contributed by atoms with van der Waals surface area (Å²) in [7, 11) is 0. The van der Waals surface area contributed by atoms with Crippen LogP contribution in [-0.4, -0.2) is 11.9 Å². The number of carbonyl (C=O) groups is 1. The molecule has 94 valence electrons.